The Labute approximate surface area is 76.7 Å². The first-order chi connectivity index (χ1) is 5.84. The minimum Gasteiger partial charge on any atom is -0.254 e. The average molecular weight is 168 g/mol. The summed E-state index contributed by atoms with van der Waals surface area (Å²) in [5.74, 6) is 0.752. The second-order valence-corrected chi connectivity index (χ2v) is 4.15. The number of rotatable bonds is 5. The van der Waals surface area contributed by atoms with E-state index in [4.69, 9.17) is 5.73 Å². The Morgan fingerprint density at radius 2 is 1.92 bits per heavy atom. The molecule has 1 saturated carbocycles. The van der Waals surface area contributed by atoms with Gasteiger partial charge < -0.3 is 0 Å². The molecule has 1 radical (unpaired) electrons. The topological polar surface area (TPSA) is 23.8 Å². The van der Waals surface area contributed by atoms with Gasteiger partial charge in [0.05, 0.1) is 0 Å². The maximum atomic E-state index is 7.95. The lowest BCUT2D eigenvalue weighted by Gasteiger charge is -2.17. The second kappa shape index (κ2) is 5.58. The van der Waals surface area contributed by atoms with Crippen molar-refractivity contribution in [2.45, 2.75) is 64.3 Å². The van der Waals surface area contributed by atoms with Gasteiger partial charge in [0, 0.05) is 6.04 Å². The lowest BCUT2D eigenvalue weighted by molar-refractivity contribution is 0.388. The van der Waals surface area contributed by atoms with Crippen molar-refractivity contribution >= 4 is 0 Å². The van der Waals surface area contributed by atoms with E-state index >= 15 is 0 Å². The summed E-state index contributed by atoms with van der Waals surface area (Å²) in [6.45, 7) is 2.23. The predicted molar refractivity (Wildman–Crippen MR) is 53.0 cm³/mol. The Morgan fingerprint density at radius 1 is 1.25 bits per heavy atom. The van der Waals surface area contributed by atoms with Crippen LogP contribution in [0.3, 0.4) is 0 Å². The Hall–Kier alpha value is -0.0400. The number of nitrogens with one attached hydrogen (secondary N) is 1. The summed E-state index contributed by atoms with van der Waals surface area (Å²) < 4.78 is 0. The van der Waals surface area contributed by atoms with E-state index in [1.54, 1.807) is 0 Å². The molecule has 1 atom stereocenters. The zero-order valence-corrected chi connectivity index (χ0v) is 8.31. The molecule has 0 heterocycles. The van der Waals surface area contributed by atoms with Crippen molar-refractivity contribution in [2.24, 2.45) is 5.92 Å². The first-order valence-electron chi connectivity index (χ1n) is 5.55. The van der Waals surface area contributed by atoms with E-state index in [9.17, 15) is 0 Å². The zero-order valence-electron chi connectivity index (χ0n) is 8.31. The molecule has 1 aliphatic rings. The largest absolute Gasteiger partial charge is 0.254 e. The van der Waals surface area contributed by atoms with Gasteiger partial charge >= 0.3 is 0 Å². The molecule has 1 unspecified atom stereocenters. The van der Waals surface area contributed by atoms with Crippen LogP contribution in [0, 0.1) is 5.92 Å². The molecule has 0 aromatic heterocycles. The normalized spacial score (nSPS) is 21.5. The van der Waals surface area contributed by atoms with E-state index < -0.39 is 0 Å². The van der Waals surface area contributed by atoms with Crippen LogP contribution in [0.15, 0.2) is 0 Å². The van der Waals surface area contributed by atoms with Crippen molar-refractivity contribution in [3.8, 4) is 0 Å². The highest BCUT2D eigenvalue weighted by Gasteiger charge is 2.21. The third-order valence-electron chi connectivity index (χ3n) is 3.09. The van der Waals surface area contributed by atoms with E-state index in [2.05, 4.69) is 6.92 Å². The lowest BCUT2D eigenvalue weighted by atomic mass is 9.94. The lowest BCUT2D eigenvalue weighted by Crippen LogP contribution is -2.19. The molecule has 1 rings (SSSR count). The van der Waals surface area contributed by atoms with Crippen LogP contribution in [0.2, 0.25) is 0 Å². The van der Waals surface area contributed by atoms with Crippen LogP contribution < -0.4 is 5.73 Å². The minimum absolute atomic E-state index is 0.263. The standard InChI is InChI=1S/C11H22N/c1-2-3-4-9-11(12)10-7-5-6-8-10/h10-12H,2-9H2,1H3. The first kappa shape index (κ1) is 10.0. The molecule has 0 saturated heterocycles. The van der Waals surface area contributed by atoms with Gasteiger partial charge in [0.1, 0.15) is 0 Å². The van der Waals surface area contributed by atoms with E-state index in [-0.39, 0.29) is 6.04 Å². The van der Waals surface area contributed by atoms with Gasteiger partial charge in [-0.3, -0.25) is 5.73 Å². The molecule has 1 nitrogen and oxygen atoms in total. The van der Waals surface area contributed by atoms with Crippen LogP contribution in [-0.4, -0.2) is 6.04 Å². The third-order valence-corrected chi connectivity index (χ3v) is 3.09. The van der Waals surface area contributed by atoms with Gasteiger partial charge in [-0.2, -0.15) is 0 Å². The highest BCUT2D eigenvalue weighted by Crippen LogP contribution is 2.29. The van der Waals surface area contributed by atoms with Crippen LogP contribution in [0.1, 0.15) is 58.3 Å². The van der Waals surface area contributed by atoms with Crippen LogP contribution in [0.25, 0.3) is 0 Å². The van der Waals surface area contributed by atoms with Gasteiger partial charge in [-0.15, -0.1) is 0 Å². The van der Waals surface area contributed by atoms with E-state index in [1.807, 2.05) is 0 Å². The van der Waals surface area contributed by atoms with Crippen molar-refractivity contribution in [2.75, 3.05) is 0 Å². The Morgan fingerprint density at radius 3 is 2.50 bits per heavy atom. The molecule has 71 valence electrons. The molecular formula is C11H22N. The van der Waals surface area contributed by atoms with Gasteiger partial charge in [-0.1, -0.05) is 39.0 Å². The van der Waals surface area contributed by atoms with Gasteiger partial charge in [0.2, 0.25) is 0 Å². The van der Waals surface area contributed by atoms with Gasteiger partial charge in [0.15, 0.2) is 0 Å². The van der Waals surface area contributed by atoms with Crippen LogP contribution in [0.5, 0.6) is 0 Å². The summed E-state index contributed by atoms with van der Waals surface area (Å²) in [6, 6.07) is 0.263. The van der Waals surface area contributed by atoms with Crippen molar-refractivity contribution < 1.29 is 0 Å². The van der Waals surface area contributed by atoms with Crippen molar-refractivity contribution in [3.05, 3.63) is 0 Å². The predicted octanol–water partition coefficient (Wildman–Crippen LogP) is 3.41. The molecule has 0 aromatic carbocycles. The maximum Gasteiger partial charge on any atom is 0.0241 e. The monoisotopic (exact) mass is 168 g/mol. The van der Waals surface area contributed by atoms with E-state index in [1.165, 1.54) is 44.9 Å². The fourth-order valence-corrected chi connectivity index (χ4v) is 2.21. The molecule has 0 spiro atoms. The SMILES string of the molecule is CCCCCC([NH])C1CCCC1. The maximum absolute atomic E-state index is 7.95. The number of hydrogen-bond acceptors (Lipinski definition) is 0. The number of hydrogen-bond donors (Lipinski definition) is 0. The Kier molecular flexibility index (Phi) is 4.67. The molecule has 0 aliphatic heterocycles. The second-order valence-electron chi connectivity index (χ2n) is 4.15. The quantitative estimate of drug-likeness (QED) is 0.562. The molecule has 0 bridgehead atoms. The van der Waals surface area contributed by atoms with Gasteiger partial charge in [0.25, 0.3) is 0 Å². The molecule has 1 aliphatic carbocycles. The smallest absolute Gasteiger partial charge is 0.0241 e. The molecular weight excluding hydrogens is 146 g/mol. The minimum atomic E-state index is 0.263. The van der Waals surface area contributed by atoms with Crippen molar-refractivity contribution in [3.63, 3.8) is 0 Å². The zero-order chi connectivity index (χ0) is 8.81. The van der Waals surface area contributed by atoms with Crippen LogP contribution in [0.4, 0.5) is 0 Å². The number of unbranched alkanes of at least 4 members (excludes halogenated alkanes) is 2. The molecule has 0 aromatic rings. The van der Waals surface area contributed by atoms with Crippen LogP contribution >= 0.6 is 0 Å². The summed E-state index contributed by atoms with van der Waals surface area (Å²) in [5.41, 5.74) is 7.95. The summed E-state index contributed by atoms with van der Waals surface area (Å²) in [4.78, 5) is 0. The molecule has 1 N–H and O–H groups in total. The van der Waals surface area contributed by atoms with Gasteiger partial charge in [-0.05, 0) is 25.2 Å². The fraction of sp³-hybridized carbons (Fsp3) is 1.00. The molecule has 1 heteroatoms. The molecule has 12 heavy (non-hydrogen) atoms. The van der Waals surface area contributed by atoms with E-state index in [0.29, 0.717) is 0 Å². The third kappa shape index (κ3) is 3.14. The molecule has 1 fully saturated rings. The Balaban J connectivity index is 2.05. The van der Waals surface area contributed by atoms with Crippen molar-refractivity contribution in [1.82, 2.24) is 5.73 Å². The fourth-order valence-electron chi connectivity index (χ4n) is 2.21. The highest BCUT2D eigenvalue weighted by molar-refractivity contribution is 4.77. The van der Waals surface area contributed by atoms with Crippen LogP contribution in [-0.2, 0) is 0 Å². The summed E-state index contributed by atoms with van der Waals surface area (Å²) >= 11 is 0. The van der Waals surface area contributed by atoms with Crippen molar-refractivity contribution in [1.29, 1.82) is 0 Å². The molecule has 0 amide bonds. The summed E-state index contributed by atoms with van der Waals surface area (Å²) in [6.07, 6.45) is 10.5. The summed E-state index contributed by atoms with van der Waals surface area (Å²) in [5, 5.41) is 0. The first-order valence-corrected chi connectivity index (χ1v) is 5.55. The summed E-state index contributed by atoms with van der Waals surface area (Å²) in [7, 11) is 0. The van der Waals surface area contributed by atoms with Gasteiger partial charge in [-0.25, -0.2) is 0 Å². The average Bonchev–Trinajstić information content (AvgIpc) is 2.56. The van der Waals surface area contributed by atoms with E-state index in [0.717, 1.165) is 12.3 Å². The highest BCUT2D eigenvalue weighted by atomic mass is 14.6. The Bertz CT molecular complexity index is 106.